The van der Waals surface area contributed by atoms with Crippen LogP contribution in [0.1, 0.15) is 19.3 Å². The van der Waals surface area contributed by atoms with E-state index in [-0.39, 0.29) is 32.7 Å². The van der Waals surface area contributed by atoms with Gasteiger partial charge in [-0.05, 0) is 49.4 Å². The Hall–Kier alpha value is -3.52. The average Bonchev–Trinajstić information content (AvgIpc) is 3.04. The molecule has 3 aromatic rings. The van der Waals surface area contributed by atoms with Crippen LogP contribution in [0.3, 0.4) is 0 Å². The molecule has 10 nitrogen and oxygen atoms in total. The Morgan fingerprint density at radius 3 is 2.41 bits per heavy atom. The normalized spacial score (nSPS) is 25.4. The molecular formula is C22H16Cl2N6O4. The van der Waals surface area contributed by atoms with Crippen molar-refractivity contribution in [1.82, 2.24) is 20.3 Å². The van der Waals surface area contributed by atoms with E-state index in [1.807, 2.05) is 4.57 Å². The van der Waals surface area contributed by atoms with Crippen LogP contribution in [0, 0.1) is 17.2 Å². The zero-order valence-electron chi connectivity index (χ0n) is 17.4. The van der Waals surface area contributed by atoms with Crippen LogP contribution < -0.4 is 26.2 Å². The van der Waals surface area contributed by atoms with Crippen LogP contribution >= 0.6 is 23.2 Å². The molecule has 7 rings (SSSR count). The number of aromatic nitrogens is 2. The quantitative estimate of drug-likeness (QED) is 0.504. The zero-order chi connectivity index (χ0) is 23.8. The summed E-state index contributed by atoms with van der Waals surface area (Å²) in [6.07, 6.45) is 3.04. The van der Waals surface area contributed by atoms with Gasteiger partial charge in [-0.2, -0.15) is 10.7 Å². The molecule has 4 fully saturated rings. The third-order valence-corrected chi connectivity index (χ3v) is 7.24. The summed E-state index contributed by atoms with van der Waals surface area (Å²) in [6.45, 7) is 0. The number of imidazole rings is 1. The fraction of sp³-hybridized carbons (Fsp3) is 0.273. The molecule has 12 heteroatoms. The largest absolute Gasteiger partial charge is 0.454 e. The van der Waals surface area contributed by atoms with Gasteiger partial charge < -0.3 is 9.72 Å². The number of anilines is 1. The van der Waals surface area contributed by atoms with Crippen molar-refractivity contribution in [3.05, 3.63) is 50.9 Å². The Kier molecular flexibility index (Phi) is 4.48. The lowest BCUT2D eigenvalue weighted by Gasteiger charge is -2.62. The molecule has 3 N–H and O–H groups in total. The van der Waals surface area contributed by atoms with Crippen molar-refractivity contribution in [2.45, 2.75) is 30.8 Å². The van der Waals surface area contributed by atoms with Crippen LogP contribution in [0.5, 0.6) is 11.5 Å². The fourth-order valence-electron chi connectivity index (χ4n) is 4.97. The smallest absolute Gasteiger partial charge is 0.343 e. The highest BCUT2D eigenvalue weighted by Crippen LogP contribution is 2.62. The van der Waals surface area contributed by atoms with Gasteiger partial charge in [0.05, 0.1) is 38.4 Å². The second-order valence-electron chi connectivity index (χ2n) is 8.81. The second-order valence-corrected chi connectivity index (χ2v) is 9.62. The standard InChI is InChI=1S/C22H16Cl2N6O4/c23-13-3-11(30-21(33)27-19(31)16(9-25)28-30)4-14(24)18(13)34-12-1-2-15-17(5-12)29(20(32)26-15)22-6-10(7-22)8-22/h1-5,10,16,28H,6-8H2,(H,26,32)(H,27,31,33). The van der Waals surface area contributed by atoms with Gasteiger partial charge in [-0.1, -0.05) is 23.2 Å². The third-order valence-electron chi connectivity index (χ3n) is 6.68. The van der Waals surface area contributed by atoms with Crippen molar-refractivity contribution in [2.24, 2.45) is 5.92 Å². The van der Waals surface area contributed by atoms with Crippen molar-refractivity contribution in [1.29, 1.82) is 5.26 Å². The summed E-state index contributed by atoms with van der Waals surface area (Å²) >= 11 is 12.9. The van der Waals surface area contributed by atoms with E-state index in [0.29, 0.717) is 11.7 Å². The Morgan fingerprint density at radius 1 is 1.09 bits per heavy atom. The molecule has 1 aromatic heterocycles. The Labute approximate surface area is 202 Å². The van der Waals surface area contributed by atoms with E-state index in [1.165, 1.54) is 12.1 Å². The number of amides is 3. The topological polar surface area (TPSA) is 132 Å². The number of aromatic amines is 1. The van der Waals surface area contributed by atoms with Gasteiger partial charge in [-0.15, -0.1) is 0 Å². The Morgan fingerprint density at radius 2 is 1.79 bits per heavy atom. The van der Waals surface area contributed by atoms with Gasteiger partial charge in [0.15, 0.2) is 11.8 Å². The predicted molar refractivity (Wildman–Crippen MR) is 123 cm³/mol. The number of urea groups is 1. The molecular weight excluding hydrogens is 483 g/mol. The molecule has 2 heterocycles. The first-order valence-electron chi connectivity index (χ1n) is 10.5. The summed E-state index contributed by atoms with van der Waals surface area (Å²) in [7, 11) is 0. The van der Waals surface area contributed by atoms with Gasteiger partial charge in [0.1, 0.15) is 5.75 Å². The number of nitrogens with zero attached hydrogens (tertiary/aromatic N) is 3. The third kappa shape index (κ3) is 3.01. The summed E-state index contributed by atoms with van der Waals surface area (Å²) < 4.78 is 7.81. The number of hydrazine groups is 1. The number of benzene rings is 2. The molecule has 1 aliphatic heterocycles. The maximum atomic E-state index is 12.6. The number of rotatable bonds is 4. The van der Waals surface area contributed by atoms with E-state index in [4.69, 9.17) is 33.2 Å². The summed E-state index contributed by atoms with van der Waals surface area (Å²) in [5, 5.41) is 12.4. The molecule has 2 bridgehead atoms. The van der Waals surface area contributed by atoms with Gasteiger partial charge >= 0.3 is 11.7 Å². The summed E-state index contributed by atoms with van der Waals surface area (Å²) in [4.78, 5) is 39.4. The van der Waals surface area contributed by atoms with Crippen LogP contribution in [0.15, 0.2) is 35.1 Å². The minimum Gasteiger partial charge on any atom is -0.454 e. The molecule has 0 spiro atoms. The number of nitriles is 1. The van der Waals surface area contributed by atoms with Crippen molar-refractivity contribution < 1.29 is 14.3 Å². The number of halogens is 2. The van der Waals surface area contributed by atoms with E-state index < -0.39 is 18.0 Å². The van der Waals surface area contributed by atoms with Crippen molar-refractivity contribution in [3.8, 4) is 17.6 Å². The summed E-state index contributed by atoms with van der Waals surface area (Å²) in [5.41, 5.74) is 3.98. The molecule has 3 aliphatic carbocycles. The van der Waals surface area contributed by atoms with Gasteiger partial charge in [-0.25, -0.2) is 14.6 Å². The van der Waals surface area contributed by atoms with E-state index in [0.717, 1.165) is 35.3 Å². The molecule has 172 valence electrons. The predicted octanol–water partition coefficient (Wildman–Crippen LogP) is 3.39. The number of ether oxygens (including phenoxy) is 1. The molecule has 2 aromatic carbocycles. The second kappa shape index (κ2) is 7.24. The number of H-pyrrole nitrogens is 1. The molecule has 4 aliphatic rings. The van der Waals surface area contributed by atoms with E-state index in [2.05, 4.69) is 15.7 Å². The average molecular weight is 499 g/mol. The molecule has 0 radical (unpaired) electrons. The minimum absolute atomic E-state index is 0.0970. The van der Waals surface area contributed by atoms with Crippen molar-refractivity contribution >= 4 is 51.9 Å². The Bertz CT molecular complexity index is 1470. The van der Waals surface area contributed by atoms with E-state index in [1.54, 1.807) is 24.3 Å². The van der Waals surface area contributed by atoms with Gasteiger partial charge in [-0.3, -0.25) is 14.7 Å². The molecule has 34 heavy (non-hydrogen) atoms. The molecule has 1 atom stereocenters. The van der Waals surface area contributed by atoms with Crippen LogP contribution in [0.2, 0.25) is 10.0 Å². The van der Waals surface area contributed by atoms with Crippen LogP contribution in [-0.2, 0) is 10.3 Å². The van der Waals surface area contributed by atoms with Crippen LogP contribution in [0.4, 0.5) is 10.5 Å². The number of carbonyl (C=O) groups excluding carboxylic acids is 2. The van der Waals surface area contributed by atoms with Gasteiger partial charge in [0, 0.05) is 6.07 Å². The number of carbonyl (C=O) groups is 2. The minimum atomic E-state index is -1.25. The Balaban J connectivity index is 1.32. The van der Waals surface area contributed by atoms with Crippen molar-refractivity contribution in [2.75, 3.05) is 5.01 Å². The lowest BCUT2D eigenvalue weighted by molar-refractivity contribution is -0.121. The molecule has 3 amide bonds. The lowest BCUT2D eigenvalue weighted by Crippen LogP contribution is -2.64. The van der Waals surface area contributed by atoms with Crippen molar-refractivity contribution in [3.63, 3.8) is 0 Å². The van der Waals surface area contributed by atoms with E-state index >= 15 is 0 Å². The SMILES string of the molecule is N#CC1NN(c2cc(Cl)c(Oc3ccc4[nH]c(=O)n(C56CC(C5)C6)c4c3)c(Cl)c2)C(=O)NC1=O. The van der Waals surface area contributed by atoms with Gasteiger partial charge in [0.25, 0.3) is 5.91 Å². The maximum Gasteiger partial charge on any atom is 0.343 e. The summed E-state index contributed by atoms with van der Waals surface area (Å²) in [6, 6.07) is 7.82. The van der Waals surface area contributed by atoms with E-state index in [9.17, 15) is 14.4 Å². The molecule has 3 saturated carbocycles. The first-order chi connectivity index (χ1) is 16.3. The maximum absolute atomic E-state index is 12.6. The molecule has 1 unspecified atom stereocenters. The number of imide groups is 1. The van der Waals surface area contributed by atoms with Gasteiger partial charge in [0.2, 0.25) is 0 Å². The number of nitrogens with one attached hydrogen (secondary N) is 3. The zero-order valence-corrected chi connectivity index (χ0v) is 18.9. The molecule has 1 saturated heterocycles. The highest BCUT2D eigenvalue weighted by Gasteiger charge is 2.59. The monoisotopic (exact) mass is 498 g/mol. The van der Waals surface area contributed by atoms with Crippen LogP contribution in [-0.4, -0.2) is 27.5 Å². The fourth-order valence-corrected chi connectivity index (χ4v) is 5.53. The number of hydrogen-bond donors (Lipinski definition) is 3. The highest BCUT2D eigenvalue weighted by atomic mass is 35.5. The lowest BCUT2D eigenvalue weighted by atomic mass is 9.49. The first-order valence-corrected chi connectivity index (χ1v) is 11.3. The highest BCUT2D eigenvalue weighted by molar-refractivity contribution is 6.37. The van der Waals surface area contributed by atoms with Crippen LogP contribution in [0.25, 0.3) is 11.0 Å². The number of fused-ring (bicyclic) bond motifs is 1. The first kappa shape index (κ1) is 21.0. The summed E-state index contributed by atoms with van der Waals surface area (Å²) in [5.74, 6) is 0.558. The number of hydrogen-bond acceptors (Lipinski definition) is 6.